The van der Waals surface area contributed by atoms with Crippen LogP contribution in [0, 0.1) is 5.92 Å². The predicted octanol–water partition coefficient (Wildman–Crippen LogP) is 2.49. The fourth-order valence-corrected chi connectivity index (χ4v) is 3.12. The summed E-state index contributed by atoms with van der Waals surface area (Å²) in [4.78, 5) is 13.3. The molecule has 0 radical (unpaired) electrons. The first kappa shape index (κ1) is 13.0. The number of benzene rings is 1. The molecule has 1 aromatic carbocycles. The van der Waals surface area contributed by atoms with Crippen molar-refractivity contribution in [3.63, 3.8) is 0 Å². The fraction of sp³-hybridized carbons (Fsp3) is 0.438. The molecule has 1 saturated carbocycles. The normalized spacial score (nSPS) is 26.0. The van der Waals surface area contributed by atoms with Gasteiger partial charge in [0.2, 0.25) is 0 Å². The second-order valence-corrected chi connectivity index (χ2v) is 5.60. The van der Waals surface area contributed by atoms with Gasteiger partial charge in [0.1, 0.15) is 0 Å². The minimum Gasteiger partial charge on any atom is -0.481 e. The summed E-state index contributed by atoms with van der Waals surface area (Å²) in [6.45, 7) is 0.826. The summed E-state index contributed by atoms with van der Waals surface area (Å²) in [6, 6.07) is 10.8. The van der Waals surface area contributed by atoms with Crippen molar-refractivity contribution in [3.8, 4) is 0 Å². The van der Waals surface area contributed by atoms with Crippen LogP contribution in [0.2, 0.25) is 0 Å². The minimum absolute atomic E-state index is 0.139. The summed E-state index contributed by atoms with van der Waals surface area (Å²) >= 11 is 0. The highest BCUT2D eigenvalue weighted by atomic mass is 16.4. The second-order valence-electron chi connectivity index (χ2n) is 5.60. The topological polar surface area (TPSA) is 52.6 Å². The van der Waals surface area contributed by atoms with E-state index in [0.717, 1.165) is 38.0 Å². The zero-order chi connectivity index (χ0) is 13.9. The number of hydrogen-bond donors (Lipinski definition) is 2. The van der Waals surface area contributed by atoms with E-state index in [9.17, 15) is 4.79 Å². The van der Waals surface area contributed by atoms with Gasteiger partial charge in [-0.2, -0.15) is 0 Å². The summed E-state index contributed by atoms with van der Waals surface area (Å²) in [5.41, 5.74) is 2.36. The number of aliphatic carboxylic acids is 1. The van der Waals surface area contributed by atoms with Crippen LogP contribution in [0.25, 0.3) is 5.70 Å². The summed E-state index contributed by atoms with van der Waals surface area (Å²) in [5, 5.41) is 12.5. The van der Waals surface area contributed by atoms with Crippen molar-refractivity contribution in [2.45, 2.75) is 31.7 Å². The molecule has 0 saturated heterocycles. The zero-order valence-corrected chi connectivity index (χ0v) is 11.5. The van der Waals surface area contributed by atoms with Crippen LogP contribution in [0.15, 0.2) is 36.5 Å². The summed E-state index contributed by atoms with van der Waals surface area (Å²) < 4.78 is 0. The van der Waals surface area contributed by atoms with E-state index in [-0.39, 0.29) is 5.92 Å². The Morgan fingerprint density at radius 3 is 2.50 bits per heavy atom. The molecule has 1 aliphatic heterocycles. The first-order chi connectivity index (χ1) is 9.74. The molecule has 2 aliphatic rings. The maximum absolute atomic E-state index is 11.0. The molecule has 1 aromatic rings. The minimum atomic E-state index is -0.636. The molecule has 1 aliphatic carbocycles. The zero-order valence-electron chi connectivity index (χ0n) is 11.5. The molecule has 0 bridgehead atoms. The van der Waals surface area contributed by atoms with Gasteiger partial charge in [0, 0.05) is 12.2 Å². The molecule has 0 spiro atoms. The van der Waals surface area contributed by atoms with Gasteiger partial charge in [-0.15, -0.1) is 0 Å². The Hall–Kier alpha value is -1.97. The van der Waals surface area contributed by atoms with Crippen molar-refractivity contribution < 1.29 is 9.90 Å². The molecule has 2 N–H and O–H groups in total. The van der Waals surface area contributed by atoms with Crippen LogP contribution in [-0.2, 0) is 4.79 Å². The number of carboxylic acids is 1. The third-order valence-electron chi connectivity index (χ3n) is 4.35. The molecule has 0 unspecified atom stereocenters. The van der Waals surface area contributed by atoms with Crippen molar-refractivity contribution in [2.75, 3.05) is 6.67 Å². The second kappa shape index (κ2) is 5.57. The van der Waals surface area contributed by atoms with Gasteiger partial charge in [-0.1, -0.05) is 30.3 Å². The first-order valence-corrected chi connectivity index (χ1v) is 7.23. The largest absolute Gasteiger partial charge is 0.481 e. The lowest BCUT2D eigenvalue weighted by molar-refractivity contribution is -0.143. The monoisotopic (exact) mass is 272 g/mol. The standard InChI is InChI=1S/C16H20N2O2/c19-16(20)13-6-8-14(9-7-13)18-10-15(17-11-18)12-4-2-1-3-5-12/h1-5,10,13-14,17H,6-9,11H2,(H,19,20). The van der Waals surface area contributed by atoms with Crippen LogP contribution in [-0.4, -0.2) is 28.7 Å². The molecule has 4 heteroatoms. The molecule has 1 fully saturated rings. The summed E-state index contributed by atoms with van der Waals surface area (Å²) in [6.07, 6.45) is 5.71. The van der Waals surface area contributed by atoms with Crippen molar-refractivity contribution in [3.05, 3.63) is 42.1 Å². The average molecular weight is 272 g/mol. The molecule has 0 aromatic heterocycles. The lowest BCUT2D eigenvalue weighted by atomic mass is 9.85. The van der Waals surface area contributed by atoms with E-state index < -0.39 is 5.97 Å². The van der Waals surface area contributed by atoms with E-state index in [1.807, 2.05) is 18.2 Å². The molecule has 0 amide bonds. The maximum Gasteiger partial charge on any atom is 0.306 e. The van der Waals surface area contributed by atoms with Crippen LogP contribution < -0.4 is 5.32 Å². The highest BCUT2D eigenvalue weighted by Gasteiger charge is 2.29. The van der Waals surface area contributed by atoms with Crippen molar-refractivity contribution >= 4 is 11.7 Å². The van der Waals surface area contributed by atoms with E-state index in [4.69, 9.17) is 5.11 Å². The van der Waals surface area contributed by atoms with Crippen LogP contribution in [0.3, 0.4) is 0 Å². The van der Waals surface area contributed by atoms with E-state index in [0.29, 0.717) is 6.04 Å². The third kappa shape index (κ3) is 2.64. The Morgan fingerprint density at radius 2 is 1.85 bits per heavy atom. The number of hydrogen-bond acceptors (Lipinski definition) is 3. The molecular formula is C16H20N2O2. The lowest BCUT2D eigenvalue weighted by Crippen LogP contribution is -2.36. The van der Waals surface area contributed by atoms with Gasteiger partial charge < -0.3 is 15.3 Å². The van der Waals surface area contributed by atoms with E-state index in [2.05, 4.69) is 28.5 Å². The molecule has 1 heterocycles. The first-order valence-electron chi connectivity index (χ1n) is 7.23. The fourth-order valence-electron chi connectivity index (χ4n) is 3.12. The number of carboxylic acid groups (broad SMARTS) is 1. The number of rotatable bonds is 3. The van der Waals surface area contributed by atoms with Gasteiger partial charge in [0.25, 0.3) is 0 Å². The molecule has 20 heavy (non-hydrogen) atoms. The van der Waals surface area contributed by atoms with Gasteiger partial charge in [-0.25, -0.2) is 0 Å². The van der Waals surface area contributed by atoms with Crippen LogP contribution in [0.4, 0.5) is 0 Å². The maximum atomic E-state index is 11.0. The van der Waals surface area contributed by atoms with Crippen molar-refractivity contribution in [1.82, 2.24) is 10.2 Å². The summed E-state index contributed by atoms with van der Waals surface area (Å²) in [5.74, 6) is -0.775. The van der Waals surface area contributed by atoms with Gasteiger partial charge in [-0.05, 0) is 31.2 Å². The van der Waals surface area contributed by atoms with Gasteiger partial charge in [-0.3, -0.25) is 4.79 Å². The van der Waals surface area contributed by atoms with Gasteiger partial charge >= 0.3 is 5.97 Å². The van der Waals surface area contributed by atoms with Crippen molar-refractivity contribution in [2.24, 2.45) is 5.92 Å². The Bertz CT molecular complexity index is 504. The van der Waals surface area contributed by atoms with Gasteiger partial charge in [0.05, 0.1) is 18.3 Å². The SMILES string of the molecule is O=C(O)C1CCC(N2C=C(c3ccccc3)NC2)CC1. The van der Waals surface area contributed by atoms with E-state index in [1.165, 1.54) is 5.56 Å². The van der Waals surface area contributed by atoms with Crippen LogP contribution in [0.5, 0.6) is 0 Å². The van der Waals surface area contributed by atoms with Gasteiger partial charge in [0.15, 0.2) is 0 Å². The Morgan fingerprint density at radius 1 is 1.15 bits per heavy atom. The molecule has 4 nitrogen and oxygen atoms in total. The lowest BCUT2D eigenvalue weighted by Gasteiger charge is -2.32. The smallest absolute Gasteiger partial charge is 0.306 e. The molecule has 3 rings (SSSR count). The van der Waals surface area contributed by atoms with Crippen LogP contribution >= 0.6 is 0 Å². The Labute approximate surface area is 119 Å². The van der Waals surface area contributed by atoms with E-state index in [1.54, 1.807) is 0 Å². The Kier molecular flexibility index (Phi) is 3.63. The molecule has 0 atom stereocenters. The Balaban J connectivity index is 1.63. The average Bonchev–Trinajstić information content (AvgIpc) is 2.98. The third-order valence-corrected chi connectivity index (χ3v) is 4.35. The highest BCUT2D eigenvalue weighted by molar-refractivity contribution is 5.70. The highest BCUT2D eigenvalue weighted by Crippen LogP contribution is 2.30. The molecule has 106 valence electrons. The predicted molar refractivity (Wildman–Crippen MR) is 77.6 cm³/mol. The van der Waals surface area contributed by atoms with Crippen molar-refractivity contribution in [1.29, 1.82) is 0 Å². The molecular weight excluding hydrogens is 252 g/mol. The number of nitrogens with one attached hydrogen (secondary N) is 1. The quantitative estimate of drug-likeness (QED) is 0.887. The van der Waals surface area contributed by atoms with E-state index >= 15 is 0 Å². The number of carbonyl (C=O) groups is 1. The van der Waals surface area contributed by atoms with Crippen LogP contribution in [0.1, 0.15) is 31.2 Å². The summed E-state index contributed by atoms with van der Waals surface area (Å²) in [7, 11) is 0. The number of nitrogens with zero attached hydrogens (tertiary/aromatic N) is 1.